The van der Waals surface area contributed by atoms with Crippen molar-refractivity contribution in [2.24, 2.45) is 7.05 Å². The summed E-state index contributed by atoms with van der Waals surface area (Å²) in [5, 5.41) is 3.10. The van der Waals surface area contributed by atoms with Gasteiger partial charge in [0.2, 0.25) is 5.28 Å². The smallest absolute Gasteiger partial charge is 0.434 e. The van der Waals surface area contributed by atoms with E-state index in [2.05, 4.69) is 25.3 Å². The van der Waals surface area contributed by atoms with E-state index in [1.807, 2.05) is 0 Å². The van der Waals surface area contributed by atoms with Crippen LogP contribution in [0.2, 0.25) is 5.28 Å². The van der Waals surface area contributed by atoms with E-state index in [1.54, 1.807) is 32.9 Å². The van der Waals surface area contributed by atoms with Crippen LogP contribution in [0.3, 0.4) is 0 Å². The molecule has 0 bridgehead atoms. The summed E-state index contributed by atoms with van der Waals surface area (Å²) in [6, 6.07) is 3.28. The van der Waals surface area contributed by atoms with E-state index in [-0.39, 0.29) is 17.7 Å². The molecule has 34 heavy (non-hydrogen) atoms. The highest BCUT2D eigenvalue weighted by atomic mass is 35.5. The molecule has 1 N–H and O–H groups in total. The molecule has 0 saturated carbocycles. The Bertz CT molecular complexity index is 1200. The van der Waals surface area contributed by atoms with Gasteiger partial charge in [0.25, 0.3) is 0 Å². The lowest BCUT2D eigenvalue weighted by molar-refractivity contribution is -0.148. The second kappa shape index (κ2) is 9.80. The van der Waals surface area contributed by atoms with Gasteiger partial charge in [0.05, 0.1) is 0 Å². The Hall–Kier alpha value is -3.47. The predicted molar refractivity (Wildman–Crippen MR) is 121 cm³/mol. The molecule has 0 unspecified atom stereocenters. The van der Waals surface area contributed by atoms with Crippen molar-refractivity contribution in [1.82, 2.24) is 24.5 Å². The molecule has 3 aromatic rings. The van der Waals surface area contributed by atoms with Crippen molar-refractivity contribution in [2.45, 2.75) is 39.1 Å². The number of halogens is 4. The number of esters is 1. The highest BCUT2D eigenvalue weighted by Gasteiger charge is 2.34. The van der Waals surface area contributed by atoms with Gasteiger partial charge in [-0.05, 0) is 50.1 Å². The average Bonchev–Trinajstić information content (AvgIpc) is 3.13. The molecule has 0 radical (unpaired) electrons. The molecule has 0 saturated heterocycles. The van der Waals surface area contributed by atoms with Crippen molar-refractivity contribution in [3.8, 4) is 11.5 Å². The number of alkyl halides is 3. The molecule has 0 amide bonds. The third-order valence-corrected chi connectivity index (χ3v) is 4.46. The molecule has 3 rings (SSSR count). The first-order valence-electron chi connectivity index (χ1n) is 10.0. The van der Waals surface area contributed by atoms with E-state index in [1.165, 1.54) is 36.2 Å². The van der Waals surface area contributed by atoms with Crippen molar-refractivity contribution in [3.63, 3.8) is 0 Å². The lowest BCUT2D eigenvalue weighted by Crippen LogP contribution is -2.22. The molecule has 0 aliphatic carbocycles. The van der Waals surface area contributed by atoms with Crippen LogP contribution in [0.5, 0.6) is 0 Å². The fourth-order valence-electron chi connectivity index (χ4n) is 2.81. The van der Waals surface area contributed by atoms with Crippen LogP contribution in [0.1, 0.15) is 37.6 Å². The summed E-state index contributed by atoms with van der Waals surface area (Å²) < 4.78 is 45.2. The number of aryl methyl sites for hydroxylation is 1. The molecule has 0 spiro atoms. The number of aromatic nitrogens is 5. The molecular weight excluding hydrogens is 473 g/mol. The molecule has 3 heterocycles. The lowest BCUT2D eigenvalue weighted by atomic mass is 10.2. The zero-order chi connectivity index (χ0) is 25.1. The van der Waals surface area contributed by atoms with Gasteiger partial charge < -0.3 is 14.6 Å². The maximum atomic E-state index is 12.9. The number of carbonyl (C=O) groups is 1. The largest absolute Gasteiger partial charge is 0.457 e. The summed E-state index contributed by atoms with van der Waals surface area (Å²) in [6.45, 7) is 5.57. The molecule has 12 heteroatoms. The molecule has 0 aromatic carbocycles. The van der Waals surface area contributed by atoms with Gasteiger partial charge in [-0.2, -0.15) is 13.2 Å². The Balaban J connectivity index is 1.72. The van der Waals surface area contributed by atoms with E-state index >= 15 is 0 Å². The first kappa shape index (κ1) is 25.2. The topological polar surface area (TPSA) is 94.8 Å². The Kier molecular flexibility index (Phi) is 7.25. The van der Waals surface area contributed by atoms with Crippen molar-refractivity contribution in [3.05, 3.63) is 58.9 Å². The highest BCUT2D eigenvalue weighted by molar-refractivity contribution is 6.28. The van der Waals surface area contributed by atoms with Crippen molar-refractivity contribution in [1.29, 1.82) is 0 Å². The molecule has 0 atom stereocenters. The highest BCUT2D eigenvalue weighted by Crippen LogP contribution is 2.30. The minimum absolute atomic E-state index is 0.0145. The maximum Gasteiger partial charge on any atom is 0.434 e. The second-order valence-electron chi connectivity index (χ2n) is 8.27. The zero-order valence-electron chi connectivity index (χ0n) is 18.8. The molecule has 0 aliphatic heterocycles. The van der Waals surface area contributed by atoms with E-state index in [9.17, 15) is 18.0 Å². The number of carbonyl (C=O) groups excluding carboxylic acids is 1. The summed E-state index contributed by atoms with van der Waals surface area (Å²) in [4.78, 5) is 27.9. The number of imidazole rings is 1. The average molecular weight is 495 g/mol. The Labute approximate surface area is 198 Å². The summed E-state index contributed by atoms with van der Waals surface area (Å²) in [5.41, 5.74) is -0.0715. The molecule has 0 fully saturated rings. The van der Waals surface area contributed by atoms with Crippen LogP contribution in [-0.2, 0) is 29.3 Å². The summed E-state index contributed by atoms with van der Waals surface area (Å²) >= 11 is 5.91. The van der Waals surface area contributed by atoms with Gasteiger partial charge in [-0.25, -0.2) is 19.7 Å². The fraction of sp³-hybridized carbons (Fsp3) is 0.318. The van der Waals surface area contributed by atoms with Crippen LogP contribution < -0.4 is 5.32 Å². The number of ether oxygens (including phenoxy) is 1. The quantitative estimate of drug-likeness (QED) is 0.295. The van der Waals surface area contributed by atoms with E-state index in [0.29, 0.717) is 17.1 Å². The molecule has 180 valence electrons. The van der Waals surface area contributed by atoms with Crippen LogP contribution in [0, 0.1) is 0 Å². The number of rotatable bonds is 6. The van der Waals surface area contributed by atoms with Crippen molar-refractivity contribution < 1.29 is 22.7 Å². The van der Waals surface area contributed by atoms with E-state index < -0.39 is 23.4 Å². The second-order valence-corrected chi connectivity index (χ2v) is 8.61. The summed E-state index contributed by atoms with van der Waals surface area (Å²) in [7, 11) is 1.47. The van der Waals surface area contributed by atoms with Crippen LogP contribution in [0.25, 0.3) is 17.6 Å². The number of nitrogens with zero attached hydrogens (tertiary/aromatic N) is 5. The first-order chi connectivity index (χ1) is 15.8. The zero-order valence-corrected chi connectivity index (χ0v) is 19.6. The van der Waals surface area contributed by atoms with Crippen molar-refractivity contribution in [2.75, 3.05) is 5.32 Å². The van der Waals surface area contributed by atoms with Crippen LogP contribution in [-0.4, -0.2) is 36.1 Å². The summed E-state index contributed by atoms with van der Waals surface area (Å²) in [5.74, 6) is -0.0389. The lowest BCUT2D eigenvalue weighted by Gasteiger charge is -2.18. The minimum Gasteiger partial charge on any atom is -0.457 e. The third-order valence-electron chi connectivity index (χ3n) is 4.27. The van der Waals surface area contributed by atoms with Gasteiger partial charge in [0.15, 0.2) is 11.5 Å². The molecule has 0 aliphatic rings. The predicted octanol–water partition coefficient (Wildman–Crippen LogP) is 4.91. The van der Waals surface area contributed by atoms with Gasteiger partial charge in [-0.15, -0.1) is 0 Å². The van der Waals surface area contributed by atoms with Gasteiger partial charge in [-0.3, -0.25) is 4.98 Å². The van der Waals surface area contributed by atoms with Crippen LogP contribution in [0.4, 0.5) is 19.0 Å². The Morgan fingerprint density at radius 2 is 1.91 bits per heavy atom. The molecular formula is C22H22ClF3N6O2. The normalized spacial score (nSPS) is 12.2. The Morgan fingerprint density at radius 3 is 2.50 bits per heavy atom. The monoisotopic (exact) mass is 494 g/mol. The number of anilines is 1. The first-order valence-corrected chi connectivity index (χ1v) is 10.4. The van der Waals surface area contributed by atoms with Crippen molar-refractivity contribution >= 4 is 29.5 Å². The standard InChI is InChI=1S/C22H22ClF3N6O2/c1-21(2,3)34-17(33)8-6-14-11-29-20(23)31-18(14)28-10-13-5-7-15(27-9-13)19-30-16(12-32(19)4)22(24,25)26/h5-9,11-12H,10H2,1-4H3,(H,28,29,31)/b8-6+. The van der Waals surface area contributed by atoms with Gasteiger partial charge in [0, 0.05) is 43.8 Å². The molecule has 3 aromatic heterocycles. The van der Waals surface area contributed by atoms with Gasteiger partial charge in [0.1, 0.15) is 17.1 Å². The van der Waals surface area contributed by atoms with Gasteiger partial charge in [-0.1, -0.05) is 6.07 Å². The summed E-state index contributed by atoms with van der Waals surface area (Å²) in [6.07, 6.45) is 2.13. The number of nitrogens with one attached hydrogen (secondary N) is 1. The SMILES string of the molecule is Cn1cc(C(F)(F)F)nc1-c1ccc(CNc2nc(Cl)ncc2/C=C/C(=O)OC(C)(C)C)cn1. The number of hydrogen-bond donors (Lipinski definition) is 1. The van der Waals surface area contributed by atoms with E-state index in [4.69, 9.17) is 16.3 Å². The van der Waals surface area contributed by atoms with Crippen LogP contribution >= 0.6 is 11.6 Å². The maximum absolute atomic E-state index is 12.9. The minimum atomic E-state index is -4.53. The molecule has 8 nitrogen and oxygen atoms in total. The number of pyridine rings is 1. The van der Waals surface area contributed by atoms with Crippen LogP contribution in [0.15, 0.2) is 36.8 Å². The third kappa shape index (κ3) is 6.77. The Morgan fingerprint density at radius 1 is 1.18 bits per heavy atom. The van der Waals surface area contributed by atoms with Gasteiger partial charge >= 0.3 is 12.1 Å². The number of hydrogen-bond acceptors (Lipinski definition) is 7. The fourth-order valence-corrected chi connectivity index (χ4v) is 2.95. The van der Waals surface area contributed by atoms with E-state index in [0.717, 1.165) is 11.8 Å².